The molecule has 0 aliphatic rings. The Balaban J connectivity index is 1.26. The van der Waals surface area contributed by atoms with E-state index in [4.69, 9.17) is 37.7 Å². The van der Waals surface area contributed by atoms with Crippen LogP contribution in [0.3, 0.4) is 0 Å². The Kier molecular flexibility index (Phi) is 8.87. The van der Waals surface area contributed by atoms with Crippen LogP contribution in [-0.2, 0) is 17.8 Å². The fraction of sp³-hybridized carbons (Fsp3) is 0.259. The molecule has 182 valence electrons. The summed E-state index contributed by atoms with van der Waals surface area (Å²) >= 11 is 11.8. The van der Waals surface area contributed by atoms with Crippen molar-refractivity contribution in [1.82, 2.24) is 14.9 Å². The monoisotopic (exact) mass is 511 g/mol. The number of carbonyl (C=O) groups is 1. The van der Waals surface area contributed by atoms with E-state index in [-0.39, 0.29) is 12.5 Å². The number of carbonyl (C=O) groups excluding carboxylic acids is 1. The third kappa shape index (κ3) is 7.38. The Bertz CT molecular complexity index is 1240. The lowest BCUT2D eigenvalue weighted by atomic mass is 10.3. The molecule has 6 nitrogen and oxygen atoms in total. The van der Waals surface area contributed by atoms with E-state index in [9.17, 15) is 4.79 Å². The van der Waals surface area contributed by atoms with Crippen molar-refractivity contribution >= 4 is 40.1 Å². The average molecular weight is 512 g/mol. The first-order valence-corrected chi connectivity index (χ1v) is 12.3. The predicted octanol–water partition coefficient (Wildman–Crippen LogP) is 5.94. The molecule has 0 radical (unpaired) electrons. The molecular weight excluding hydrogens is 485 g/mol. The zero-order valence-corrected chi connectivity index (χ0v) is 20.8. The highest BCUT2D eigenvalue weighted by Crippen LogP contribution is 2.19. The summed E-state index contributed by atoms with van der Waals surface area (Å²) in [6.07, 6.45) is 2.48. The van der Waals surface area contributed by atoms with Crippen LogP contribution >= 0.6 is 23.2 Å². The lowest BCUT2D eigenvalue weighted by Gasteiger charge is -2.11. The molecule has 0 saturated carbocycles. The van der Waals surface area contributed by atoms with Gasteiger partial charge in [0.2, 0.25) is 0 Å². The van der Waals surface area contributed by atoms with E-state index in [1.807, 2.05) is 42.5 Å². The van der Waals surface area contributed by atoms with Gasteiger partial charge in [-0.05, 0) is 73.5 Å². The molecule has 0 aliphatic heterocycles. The molecule has 4 rings (SSSR count). The van der Waals surface area contributed by atoms with Crippen LogP contribution in [0, 0.1) is 0 Å². The maximum atomic E-state index is 12.2. The minimum atomic E-state index is -0.179. The van der Waals surface area contributed by atoms with Crippen molar-refractivity contribution in [3.8, 4) is 11.5 Å². The molecule has 1 heterocycles. The van der Waals surface area contributed by atoms with Crippen LogP contribution in [0.4, 0.5) is 0 Å². The van der Waals surface area contributed by atoms with Crippen molar-refractivity contribution in [2.24, 2.45) is 0 Å². The molecular formula is C27H27Cl2N3O3. The number of aromatic nitrogens is 2. The van der Waals surface area contributed by atoms with E-state index in [0.29, 0.717) is 35.4 Å². The molecule has 4 aromatic rings. The van der Waals surface area contributed by atoms with Gasteiger partial charge in [-0.1, -0.05) is 35.3 Å². The van der Waals surface area contributed by atoms with Crippen LogP contribution < -0.4 is 14.8 Å². The van der Waals surface area contributed by atoms with Crippen LogP contribution in [-0.4, -0.2) is 35.2 Å². The minimum absolute atomic E-state index is 0.0499. The molecule has 35 heavy (non-hydrogen) atoms. The predicted molar refractivity (Wildman–Crippen MR) is 140 cm³/mol. The third-order valence-corrected chi connectivity index (χ3v) is 5.95. The maximum Gasteiger partial charge on any atom is 0.257 e. The number of nitrogens with zero attached hydrogens (tertiary/aromatic N) is 2. The Labute approximate surface area is 214 Å². The van der Waals surface area contributed by atoms with Gasteiger partial charge in [0, 0.05) is 29.6 Å². The first-order valence-electron chi connectivity index (χ1n) is 11.6. The van der Waals surface area contributed by atoms with E-state index in [1.165, 1.54) is 0 Å². The molecule has 1 N–H and O–H groups in total. The highest BCUT2D eigenvalue weighted by Gasteiger charge is 2.11. The number of unbranched alkanes of at least 4 members (excludes halogenated alkanes) is 1. The van der Waals surface area contributed by atoms with Crippen LogP contribution in [0.1, 0.15) is 18.7 Å². The molecule has 8 heteroatoms. The van der Waals surface area contributed by atoms with Crippen molar-refractivity contribution < 1.29 is 14.3 Å². The fourth-order valence-electron chi connectivity index (χ4n) is 3.70. The molecule has 0 spiro atoms. The van der Waals surface area contributed by atoms with E-state index < -0.39 is 0 Å². The van der Waals surface area contributed by atoms with Gasteiger partial charge in [-0.25, -0.2) is 4.98 Å². The van der Waals surface area contributed by atoms with Crippen LogP contribution in [0.25, 0.3) is 11.0 Å². The van der Waals surface area contributed by atoms with Crippen molar-refractivity contribution in [2.45, 2.75) is 25.8 Å². The summed E-state index contributed by atoms with van der Waals surface area (Å²) in [7, 11) is 0. The molecule has 0 saturated heterocycles. The zero-order chi connectivity index (χ0) is 24.5. The molecule has 1 aromatic heterocycles. The van der Waals surface area contributed by atoms with Crippen molar-refractivity contribution in [2.75, 3.05) is 19.8 Å². The Hall–Kier alpha value is -3.22. The third-order valence-electron chi connectivity index (χ3n) is 5.45. The molecule has 3 aromatic carbocycles. The summed E-state index contributed by atoms with van der Waals surface area (Å²) in [5.41, 5.74) is 2.05. The number of benzene rings is 3. The summed E-state index contributed by atoms with van der Waals surface area (Å²) in [4.78, 5) is 17.0. The number of ether oxygens (including phenoxy) is 2. The second kappa shape index (κ2) is 12.5. The average Bonchev–Trinajstić information content (AvgIpc) is 3.22. The SMILES string of the molecule is O=C(COc1ccc(Cl)cc1)NCCc1nc2ccccc2n1CCCCOc1ccc(Cl)cc1. The van der Waals surface area contributed by atoms with E-state index in [1.54, 1.807) is 24.3 Å². The number of halogens is 2. The smallest absolute Gasteiger partial charge is 0.257 e. The second-order valence-electron chi connectivity index (χ2n) is 8.02. The summed E-state index contributed by atoms with van der Waals surface area (Å²) < 4.78 is 13.5. The number of fused-ring (bicyclic) bond motifs is 1. The van der Waals surface area contributed by atoms with E-state index in [0.717, 1.165) is 42.0 Å². The van der Waals surface area contributed by atoms with Gasteiger partial charge < -0.3 is 19.4 Å². The van der Waals surface area contributed by atoms with E-state index >= 15 is 0 Å². The minimum Gasteiger partial charge on any atom is -0.494 e. The highest BCUT2D eigenvalue weighted by molar-refractivity contribution is 6.30. The zero-order valence-electron chi connectivity index (χ0n) is 19.3. The summed E-state index contributed by atoms with van der Waals surface area (Å²) in [5, 5.41) is 4.23. The first-order chi connectivity index (χ1) is 17.1. The van der Waals surface area contributed by atoms with Gasteiger partial charge in [-0.3, -0.25) is 4.79 Å². The first kappa shape index (κ1) is 24.9. The molecule has 0 bridgehead atoms. The number of aryl methyl sites for hydroxylation is 1. The Morgan fingerprint density at radius 1 is 0.857 bits per heavy atom. The number of hydrogen-bond acceptors (Lipinski definition) is 4. The highest BCUT2D eigenvalue weighted by atomic mass is 35.5. The van der Waals surface area contributed by atoms with Crippen molar-refractivity contribution in [1.29, 1.82) is 0 Å². The second-order valence-corrected chi connectivity index (χ2v) is 8.89. The lowest BCUT2D eigenvalue weighted by molar-refractivity contribution is -0.123. The van der Waals surface area contributed by atoms with Crippen molar-refractivity contribution in [3.63, 3.8) is 0 Å². The number of imidazole rings is 1. The van der Waals surface area contributed by atoms with Crippen LogP contribution in [0.2, 0.25) is 10.0 Å². The molecule has 1 amide bonds. The molecule has 0 unspecified atom stereocenters. The molecule has 0 atom stereocenters. The van der Waals surface area contributed by atoms with Crippen LogP contribution in [0.15, 0.2) is 72.8 Å². The number of rotatable bonds is 12. The van der Waals surface area contributed by atoms with E-state index in [2.05, 4.69) is 16.0 Å². The summed E-state index contributed by atoms with van der Waals surface area (Å²) in [6, 6.07) is 22.4. The van der Waals surface area contributed by atoms with Gasteiger partial charge >= 0.3 is 0 Å². The van der Waals surface area contributed by atoms with Gasteiger partial charge in [-0.15, -0.1) is 0 Å². The number of nitrogens with one attached hydrogen (secondary N) is 1. The largest absolute Gasteiger partial charge is 0.494 e. The molecule has 0 aliphatic carbocycles. The van der Waals surface area contributed by atoms with Gasteiger partial charge in [0.05, 0.1) is 17.6 Å². The van der Waals surface area contributed by atoms with Gasteiger partial charge in [-0.2, -0.15) is 0 Å². The summed E-state index contributed by atoms with van der Waals surface area (Å²) in [6.45, 7) is 1.89. The summed E-state index contributed by atoms with van der Waals surface area (Å²) in [5.74, 6) is 2.19. The lowest BCUT2D eigenvalue weighted by Crippen LogP contribution is -2.31. The Morgan fingerprint density at radius 3 is 2.23 bits per heavy atom. The Morgan fingerprint density at radius 2 is 1.51 bits per heavy atom. The molecule has 0 fully saturated rings. The fourth-order valence-corrected chi connectivity index (χ4v) is 3.96. The maximum absolute atomic E-state index is 12.2. The standard InChI is InChI=1S/C27H27Cl2N3O3/c28-20-7-11-22(12-8-20)34-18-4-3-17-32-25-6-2-1-5-24(25)31-26(32)15-16-30-27(33)19-35-23-13-9-21(29)10-14-23/h1-2,5-14H,3-4,15-19H2,(H,30,33). The number of amides is 1. The van der Waals surface area contributed by atoms with Crippen LogP contribution in [0.5, 0.6) is 11.5 Å². The normalized spacial score (nSPS) is 10.9. The number of hydrogen-bond donors (Lipinski definition) is 1. The van der Waals surface area contributed by atoms with Gasteiger partial charge in [0.15, 0.2) is 6.61 Å². The quantitative estimate of drug-likeness (QED) is 0.239. The topological polar surface area (TPSA) is 65.4 Å². The van der Waals surface area contributed by atoms with Gasteiger partial charge in [0.25, 0.3) is 5.91 Å². The number of para-hydroxylation sites is 2. The van der Waals surface area contributed by atoms with Gasteiger partial charge in [0.1, 0.15) is 17.3 Å². The van der Waals surface area contributed by atoms with Crippen molar-refractivity contribution in [3.05, 3.63) is 88.7 Å².